The molecule has 4 nitrogen and oxygen atoms in total. The Morgan fingerprint density at radius 1 is 1.29 bits per heavy atom. The first kappa shape index (κ1) is 8.96. The minimum absolute atomic E-state index is 0.545. The van der Waals surface area contributed by atoms with Crippen molar-refractivity contribution >= 4 is 12.2 Å². The topological polar surface area (TPSA) is 54.5 Å². The van der Waals surface area contributed by atoms with Crippen molar-refractivity contribution < 1.29 is 0 Å². The van der Waals surface area contributed by atoms with E-state index in [0.717, 1.165) is 5.69 Å². The van der Waals surface area contributed by atoms with Crippen LogP contribution in [0.1, 0.15) is 5.69 Å². The molecular weight excluding hydrogens is 196 g/mol. The lowest BCUT2D eigenvalue weighted by atomic mass is 10.4. The monoisotopic (exact) mass is 204 g/mol. The van der Waals surface area contributed by atoms with Crippen LogP contribution in [0.15, 0.2) is 24.5 Å². The van der Waals surface area contributed by atoms with Gasteiger partial charge < -0.3 is 4.98 Å². The van der Waals surface area contributed by atoms with Gasteiger partial charge in [0.2, 0.25) is 0 Å². The summed E-state index contributed by atoms with van der Waals surface area (Å²) < 4.78 is 0.545. The Balaban J connectivity index is 2.58. The van der Waals surface area contributed by atoms with Gasteiger partial charge in [-0.05, 0) is 19.1 Å². The second-order valence-electron chi connectivity index (χ2n) is 2.82. The van der Waals surface area contributed by atoms with Crippen LogP contribution in [-0.2, 0) is 0 Å². The fourth-order valence-electron chi connectivity index (χ4n) is 1.11. The molecule has 0 radical (unpaired) electrons. The predicted octanol–water partition coefficient (Wildman–Crippen LogP) is 1.90. The molecule has 2 aromatic rings. The van der Waals surface area contributed by atoms with Crippen molar-refractivity contribution in [2.75, 3.05) is 0 Å². The summed E-state index contributed by atoms with van der Waals surface area (Å²) in [7, 11) is 0. The van der Waals surface area contributed by atoms with E-state index in [4.69, 9.17) is 12.2 Å². The number of nitrogens with zero attached hydrogens (tertiary/aromatic N) is 3. The Morgan fingerprint density at radius 2 is 2.00 bits per heavy atom. The van der Waals surface area contributed by atoms with E-state index in [-0.39, 0.29) is 0 Å². The van der Waals surface area contributed by atoms with Gasteiger partial charge in [-0.2, -0.15) is 0 Å². The van der Waals surface area contributed by atoms with Gasteiger partial charge in [0.15, 0.2) is 11.6 Å². The van der Waals surface area contributed by atoms with Crippen LogP contribution in [0.25, 0.3) is 11.6 Å². The lowest BCUT2D eigenvalue weighted by molar-refractivity contribution is 1.04. The molecule has 0 amide bonds. The lowest BCUT2D eigenvalue weighted by Crippen LogP contribution is -1.95. The largest absolute Gasteiger partial charge is 0.341 e. The van der Waals surface area contributed by atoms with E-state index >= 15 is 0 Å². The summed E-state index contributed by atoms with van der Waals surface area (Å²) in [5, 5.41) is 0. The van der Waals surface area contributed by atoms with Crippen molar-refractivity contribution in [3.8, 4) is 11.6 Å². The molecule has 0 bridgehead atoms. The molecule has 0 unspecified atom stereocenters. The Kier molecular flexibility index (Phi) is 2.32. The number of rotatable bonds is 1. The highest BCUT2D eigenvalue weighted by Crippen LogP contribution is 2.07. The van der Waals surface area contributed by atoms with Crippen LogP contribution in [0.2, 0.25) is 0 Å². The van der Waals surface area contributed by atoms with Crippen molar-refractivity contribution in [3.63, 3.8) is 0 Å². The summed E-state index contributed by atoms with van der Waals surface area (Å²) in [6, 6.07) is 3.55. The van der Waals surface area contributed by atoms with Crippen molar-refractivity contribution in [1.29, 1.82) is 0 Å². The summed E-state index contributed by atoms with van der Waals surface area (Å²) >= 11 is 5.00. The highest BCUT2D eigenvalue weighted by Gasteiger charge is 2.01. The van der Waals surface area contributed by atoms with Crippen molar-refractivity contribution in [3.05, 3.63) is 34.9 Å². The van der Waals surface area contributed by atoms with Crippen LogP contribution in [0.3, 0.4) is 0 Å². The number of aryl methyl sites for hydroxylation is 1. The first-order valence-electron chi connectivity index (χ1n) is 4.11. The molecule has 2 heterocycles. The summed E-state index contributed by atoms with van der Waals surface area (Å²) in [5.41, 5.74) is 0.951. The molecule has 0 aliphatic heterocycles. The van der Waals surface area contributed by atoms with E-state index in [1.165, 1.54) is 0 Å². The number of hydrogen-bond acceptors (Lipinski definition) is 4. The minimum atomic E-state index is 0.545. The zero-order valence-electron chi connectivity index (χ0n) is 7.56. The molecular formula is C9H8N4S. The maximum absolute atomic E-state index is 5.00. The molecule has 0 atom stereocenters. The third-order valence-electron chi connectivity index (χ3n) is 1.66. The average Bonchev–Trinajstić information content (AvgIpc) is 2.18. The summed E-state index contributed by atoms with van der Waals surface area (Å²) in [4.78, 5) is 15.4. The highest BCUT2D eigenvalue weighted by molar-refractivity contribution is 7.71. The van der Waals surface area contributed by atoms with Crippen molar-refractivity contribution in [1.82, 2.24) is 19.9 Å². The Labute approximate surface area is 86.1 Å². The van der Waals surface area contributed by atoms with Crippen LogP contribution < -0.4 is 0 Å². The molecule has 14 heavy (non-hydrogen) atoms. The summed E-state index contributed by atoms with van der Waals surface area (Å²) in [6.07, 6.45) is 3.34. The quantitative estimate of drug-likeness (QED) is 0.721. The maximum Gasteiger partial charge on any atom is 0.195 e. The molecule has 2 aromatic heterocycles. The Bertz CT molecular complexity index is 492. The van der Waals surface area contributed by atoms with E-state index in [2.05, 4.69) is 19.9 Å². The van der Waals surface area contributed by atoms with Crippen molar-refractivity contribution in [2.45, 2.75) is 6.92 Å². The van der Waals surface area contributed by atoms with E-state index in [0.29, 0.717) is 16.3 Å². The van der Waals surface area contributed by atoms with Gasteiger partial charge in [-0.1, -0.05) is 12.2 Å². The number of aromatic amines is 1. The molecule has 70 valence electrons. The smallest absolute Gasteiger partial charge is 0.195 e. The molecule has 0 spiro atoms. The van der Waals surface area contributed by atoms with E-state index in [1.54, 1.807) is 24.5 Å². The standard InChI is InChI=1S/C9H8N4S/c1-6-5-7(14)13-9(12-6)8-10-3-2-4-11-8/h2-5H,1H3,(H,12,13,14). The molecule has 0 saturated heterocycles. The third-order valence-corrected chi connectivity index (χ3v) is 1.86. The fraction of sp³-hybridized carbons (Fsp3) is 0.111. The molecule has 0 aliphatic rings. The summed E-state index contributed by atoms with van der Waals surface area (Å²) in [6.45, 7) is 1.92. The number of H-pyrrole nitrogens is 1. The van der Waals surface area contributed by atoms with E-state index < -0.39 is 0 Å². The zero-order valence-corrected chi connectivity index (χ0v) is 8.38. The lowest BCUT2D eigenvalue weighted by Gasteiger charge is -1.99. The zero-order chi connectivity index (χ0) is 9.97. The molecule has 0 aromatic carbocycles. The summed E-state index contributed by atoms with van der Waals surface area (Å²) in [5.74, 6) is 1.16. The van der Waals surface area contributed by atoms with Gasteiger partial charge in [-0.15, -0.1) is 0 Å². The van der Waals surface area contributed by atoms with E-state index in [9.17, 15) is 0 Å². The molecule has 0 fully saturated rings. The van der Waals surface area contributed by atoms with Crippen LogP contribution >= 0.6 is 12.2 Å². The minimum Gasteiger partial charge on any atom is -0.341 e. The Morgan fingerprint density at radius 3 is 2.64 bits per heavy atom. The van der Waals surface area contributed by atoms with Gasteiger partial charge in [0, 0.05) is 18.1 Å². The molecule has 1 N–H and O–H groups in total. The van der Waals surface area contributed by atoms with Gasteiger partial charge in [0.05, 0.1) is 0 Å². The number of nitrogens with one attached hydrogen (secondary N) is 1. The van der Waals surface area contributed by atoms with E-state index in [1.807, 2.05) is 6.92 Å². The second kappa shape index (κ2) is 3.63. The van der Waals surface area contributed by atoms with Crippen molar-refractivity contribution in [2.24, 2.45) is 0 Å². The number of hydrogen-bond donors (Lipinski definition) is 1. The molecule has 0 saturated carbocycles. The molecule has 0 aliphatic carbocycles. The van der Waals surface area contributed by atoms with Crippen LogP contribution in [0.4, 0.5) is 0 Å². The Hall–Kier alpha value is -1.62. The van der Waals surface area contributed by atoms with Crippen LogP contribution in [0.5, 0.6) is 0 Å². The molecule has 5 heteroatoms. The predicted molar refractivity (Wildman–Crippen MR) is 55.2 cm³/mol. The third kappa shape index (κ3) is 1.82. The molecule has 2 rings (SSSR count). The van der Waals surface area contributed by atoms with Gasteiger partial charge in [0.25, 0.3) is 0 Å². The van der Waals surface area contributed by atoms with Gasteiger partial charge >= 0.3 is 0 Å². The highest BCUT2D eigenvalue weighted by atomic mass is 32.1. The second-order valence-corrected chi connectivity index (χ2v) is 3.24. The van der Waals surface area contributed by atoms with Gasteiger partial charge in [0.1, 0.15) is 4.64 Å². The normalized spacial score (nSPS) is 10.1. The maximum atomic E-state index is 5.00. The SMILES string of the molecule is Cc1cc(=S)nc(-c2ncccn2)[nH]1. The van der Waals surface area contributed by atoms with Gasteiger partial charge in [-0.3, -0.25) is 0 Å². The first-order chi connectivity index (χ1) is 6.75. The van der Waals surface area contributed by atoms with Gasteiger partial charge in [-0.25, -0.2) is 15.0 Å². The van der Waals surface area contributed by atoms with Crippen LogP contribution in [-0.4, -0.2) is 19.9 Å². The number of aromatic nitrogens is 4. The average molecular weight is 204 g/mol. The first-order valence-corrected chi connectivity index (χ1v) is 4.52. The van der Waals surface area contributed by atoms with Crippen LogP contribution in [0, 0.1) is 11.6 Å². The fourth-order valence-corrected chi connectivity index (χ4v) is 1.37.